The second kappa shape index (κ2) is 11.9. The number of carbonyl (C=O) groups excluding carboxylic acids is 3. The number of rotatable bonds is 10. The molecule has 0 aliphatic carbocycles. The molecule has 0 aromatic carbocycles. The van der Waals surface area contributed by atoms with Gasteiger partial charge in [0.05, 0.1) is 6.04 Å². The molecule has 0 aromatic rings. The lowest BCUT2D eigenvalue weighted by molar-refractivity contribution is -0.152. The lowest BCUT2D eigenvalue weighted by atomic mass is 10.1. The minimum atomic E-state index is -1.04. The van der Waals surface area contributed by atoms with Gasteiger partial charge in [-0.1, -0.05) is 0 Å². The van der Waals surface area contributed by atoms with Crippen LogP contribution in [-0.4, -0.2) is 94.1 Å². The van der Waals surface area contributed by atoms with E-state index in [1.54, 1.807) is 0 Å². The summed E-state index contributed by atoms with van der Waals surface area (Å²) in [4.78, 5) is 57.0. The van der Waals surface area contributed by atoms with Crippen LogP contribution in [0.25, 0.3) is 0 Å². The highest BCUT2D eigenvalue weighted by atomic mass is 32.1. The van der Waals surface area contributed by atoms with E-state index in [0.717, 1.165) is 0 Å². The van der Waals surface area contributed by atoms with Gasteiger partial charge in [-0.2, -0.15) is 12.6 Å². The highest BCUT2D eigenvalue weighted by Gasteiger charge is 2.43. The molecular weight excluding hydrogens is 438 g/mol. The number of hydrogen-bond donors (Lipinski definition) is 6. The van der Waals surface area contributed by atoms with Gasteiger partial charge in [0, 0.05) is 25.4 Å². The van der Waals surface area contributed by atoms with Gasteiger partial charge in [-0.15, -0.1) is 0 Å². The third kappa shape index (κ3) is 6.48. The summed E-state index contributed by atoms with van der Waals surface area (Å²) in [7, 11) is 0. The van der Waals surface area contributed by atoms with Crippen molar-refractivity contribution in [3.63, 3.8) is 0 Å². The molecule has 2 heterocycles. The van der Waals surface area contributed by atoms with Crippen LogP contribution in [-0.2, 0) is 19.2 Å². The maximum Gasteiger partial charge on any atom is 0.326 e. The van der Waals surface area contributed by atoms with Crippen LogP contribution in [0.4, 0.5) is 0 Å². The molecule has 0 spiro atoms. The molecule has 32 heavy (non-hydrogen) atoms. The largest absolute Gasteiger partial charge is 0.480 e. The van der Waals surface area contributed by atoms with Crippen molar-refractivity contribution < 1.29 is 24.3 Å². The smallest absolute Gasteiger partial charge is 0.326 e. The Bertz CT molecular complexity index is 746. The molecule has 0 saturated carbocycles. The monoisotopic (exact) mass is 471 g/mol. The van der Waals surface area contributed by atoms with Crippen molar-refractivity contribution in [2.75, 3.05) is 25.4 Å². The van der Waals surface area contributed by atoms with E-state index in [1.165, 1.54) is 9.80 Å². The summed E-state index contributed by atoms with van der Waals surface area (Å²) in [6.45, 7) is 0.973. The quantitative estimate of drug-likeness (QED) is 0.0896. The van der Waals surface area contributed by atoms with Gasteiger partial charge in [0.1, 0.15) is 18.1 Å². The zero-order valence-electron chi connectivity index (χ0n) is 18.0. The topological polar surface area (TPSA) is 197 Å². The SMILES string of the molecule is NC(N)=NCCCC(NC(=O)C(N)CS)C(=O)N1CCCC1C(=O)N1CCCC1C(=O)O. The molecule has 2 rings (SSSR count). The number of carboxylic acids is 1. The zero-order chi connectivity index (χ0) is 23.8. The fourth-order valence-electron chi connectivity index (χ4n) is 4.09. The number of nitrogens with one attached hydrogen (secondary N) is 1. The molecule has 2 fully saturated rings. The molecule has 0 bridgehead atoms. The van der Waals surface area contributed by atoms with Gasteiger partial charge in [0.2, 0.25) is 17.7 Å². The van der Waals surface area contributed by atoms with Crippen LogP contribution in [0.5, 0.6) is 0 Å². The summed E-state index contributed by atoms with van der Waals surface area (Å²) in [5.41, 5.74) is 16.4. The van der Waals surface area contributed by atoms with Gasteiger partial charge in [0.25, 0.3) is 0 Å². The third-order valence-corrected chi connectivity index (χ3v) is 6.13. The molecule has 2 aliphatic rings. The third-order valence-electron chi connectivity index (χ3n) is 5.74. The number of amides is 3. The molecule has 4 atom stereocenters. The average Bonchev–Trinajstić information content (AvgIpc) is 3.43. The number of likely N-dealkylation sites (tertiary alicyclic amines) is 2. The number of carboxylic acid groups (broad SMARTS) is 1. The molecule has 2 saturated heterocycles. The van der Waals surface area contributed by atoms with E-state index < -0.39 is 42.0 Å². The predicted octanol–water partition coefficient (Wildman–Crippen LogP) is -2.15. The van der Waals surface area contributed by atoms with Crippen molar-refractivity contribution in [1.82, 2.24) is 15.1 Å². The number of carbonyl (C=O) groups is 4. The van der Waals surface area contributed by atoms with Crippen molar-refractivity contribution in [2.45, 2.75) is 62.7 Å². The number of nitrogens with zero attached hydrogens (tertiary/aromatic N) is 3. The maximum absolute atomic E-state index is 13.3. The van der Waals surface area contributed by atoms with Crippen LogP contribution in [0.2, 0.25) is 0 Å². The molecule has 12 nitrogen and oxygen atoms in total. The summed E-state index contributed by atoms with van der Waals surface area (Å²) in [5.74, 6) is -2.30. The Balaban J connectivity index is 2.14. The summed E-state index contributed by atoms with van der Waals surface area (Å²) < 4.78 is 0. The van der Waals surface area contributed by atoms with Gasteiger partial charge >= 0.3 is 5.97 Å². The number of aliphatic imine (C=N–C) groups is 1. The van der Waals surface area contributed by atoms with Gasteiger partial charge in [-0.3, -0.25) is 19.4 Å². The van der Waals surface area contributed by atoms with E-state index in [2.05, 4.69) is 22.9 Å². The Morgan fingerprint density at radius 2 is 1.72 bits per heavy atom. The molecule has 4 unspecified atom stereocenters. The van der Waals surface area contributed by atoms with E-state index in [-0.39, 0.29) is 30.6 Å². The second-order valence-electron chi connectivity index (χ2n) is 8.02. The van der Waals surface area contributed by atoms with Crippen molar-refractivity contribution in [2.24, 2.45) is 22.2 Å². The minimum Gasteiger partial charge on any atom is -0.480 e. The van der Waals surface area contributed by atoms with Crippen molar-refractivity contribution >= 4 is 42.3 Å². The van der Waals surface area contributed by atoms with Crippen LogP contribution < -0.4 is 22.5 Å². The van der Waals surface area contributed by atoms with Crippen molar-refractivity contribution in [3.05, 3.63) is 0 Å². The first-order valence-electron chi connectivity index (χ1n) is 10.7. The van der Waals surface area contributed by atoms with Crippen LogP contribution in [0.3, 0.4) is 0 Å². The molecule has 3 amide bonds. The zero-order valence-corrected chi connectivity index (χ0v) is 18.9. The summed E-state index contributed by atoms with van der Waals surface area (Å²) in [6, 6.07) is -3.42. The number of hydrogen-bond acceptors (Lipinski definition) is 7. The van der Waals surface area contributed by atoms with Crippen molar-refractivity contribution in [1.29, 1.82) is 0 Å². The Labute approximate surface area is 192 Å². The van der Waals surface area contributed by atoms with E-state index >= 15 is 0 Å². The average molecular weight is 472 g/mol. The van der Waals surface area contributed by atoms with E-state index in [0.29, 0.717) is 45.2 Å². The fraction of sp³-hybridized carbons (Fsp3) is 0.737. The Morgan fingerprint density at radius 3 is 2.31 bits per heavy atom. The highest BCUT2D eigenvalue weighted by Crippen LogP contribution is 2.26. The van der Waals surface area contributed by atoms with E-state index in [1.807, 2.05) is 0 Å². The van der Waals surface area contributed by atoms with Gasteiger partial charge in [-0.05, 0) is 38.5 Å². The van der Waals surface area contributed by atoms with Crippen LogP contribution in [0.15, 0.2) is 4.99 Å². The standard InChI is InChI=1S/C19H33N7O5S/c20-11(10-32)15(27)24-12(4-1-7-23-19(21)22)16(28)25-8-2-5-13(25)17(29)26-9-3-6-14(26)18(30)31/h11-14,32H,1-10,20H2,(H,24,27)(H,30,31)(H4,21,22,23). The number of guanidine groups is 1. The lowest BCUT2D eigenvalue weighted by Gasteiger charge is -2.32. The van der Waals surface area contributed by atoms with Crippen molar-refractivity contribution in [3.8, 4) is 0 Å². The molecule has 0 radical (unpaired) electrons. The molecule has 8 N–H and O–H groups in total. The number of thiol groups is 1. The first-order valence-corrected chi connectivity index (χ1v) is 11.4. The molecule has 2 aliphatic heterocycles. The first-order chi connectivity index (χ1) is 15.2. The predicted molar refractivity (Wildman–Crippen MR) is 121 cm³/mol. The van der Waals surface area contributed by atoms with Gasteiger partial charge in [0.15, 0.2) is 5.96 Å². The normalized spacial score (nSPS) is 22.3. The summed E-state index contributed by atoms with van der Waals surface area (Å²) in [6.07, 6.45) is 2.72. The molecule has 0 aromatic heterocycles. The highest BCUT2D eigenvalue weighted by molar-refractivity contribution is 7.80. The first kappa shape index (κ1) is 25.7. The van der Waals surface area contributed by atoms with Gasteiger partial charge < -0.3 is 37.4 Å². The van der Waals surface area contributed by atoms with Crippen LogP contribution >= 0.6 is 12.6 Å². The number of aliphatic carboxylic acids is 1. The molecule has 13 heteroatoms. The Kier molecular flexibility index (Phi) is 9.57. The van der Waals surface area contributed by atoms with Crippen LogP contribution in [0.1, 0.15) is 38.5 Å². The molecule has 180 valence electrons. The van der Waals surface area contributed by atoms with Gasteiger partial charge in [-0.25, -0.2) is 4.79 Å². The van der Waals surface area contributed by atoms with E-state index in [9.17, 15) is 24.3 Å². The molecular formula is C19H33N7O5S. The lowest BCUT2D eigenvalue weighted by Crippen LogP contribution is -2.57. The fourth-order valence-corrected chi connectivity index (χ4v) is 4.25. The van der Waals surface area contributed by atoms with Crippen LogP contribution in [0, 0.1) is 0 Å². The second-order valence-corrected chi connectivity index (χ2v) is 8.38. The maximum atomic E-state index is 13.3. The summed E-state index contributed by atoms with van der Waals surface area (Å²) >= 11 is 4.02. The van der Waals surface area contributed by atoms with E-state index in [4.69, 9.17) is 17.2 Å². The Morgan fingerprint density at radius 1 is 1.09 bits per heavy atom. The summed E-state index contributed by atoms with van der Waals surface area (Å²) in [5, 5.41) is 12.1. The number of nitrogens with two attached hydrogens (primary N) is 3. The minimum absolute atomic E-state index is 0.0715. The Hall–Kier alpha value is -2.54.